The average molecular weight is 372 g/mol. The summed E-state index contributed by atoms with van der Waals surface area (Å²) in [4.78, 5) is 28.9. The summed E-state index contributed by atoms with van der Waals surface area (Å²) in [5.74, 6) is -0.406. The van der Waals surface area contributed by atoms with Crippen LogP contribution in [0.4, 0.5) is 5.13 Å². The van der Waals surface area contributed by atoms with Gasteiger partial charge in [0.1, 0.15) is 12.1 Å². The third-order valence-corrected chi connectivity index (χ3v) is 4.69. The maximum atomic E-state index is 12.3. The van der Waals surface area contributed by atoms with E-state index in [-0.39, 0.29) is 12.1 Å². The Morgan fingerprint density at radius 3 is 2.92 bits per heavy atom. The molecular weight excluding hydrogens is 362 g/mol. The Kier molecular flexibility index (Phi) is 3.90. The third-order valence-electron chi connectivity index (χ3n) is 3.52. The number of carbonyl (C=O) groups excluding carboxylic acids is 1. The van der Waals surface area contributed by atoms with Crippen molar-refractivity contribution in [3.05, 3.63) is 57.8 Å². The normalized spacial score (nSPS) is 11.1. The number of nitrogens with zero attached hydrogens (tertiary/aromatic N) is 4. The lowest BCUT2D eigenvalue weighted by atomic mass is 10.2. The molecule has 0 spiro atoms. The van der Waals surface area contributed by atoms with Gasteiger partial charge in [-0.1, -0.05) is 40.3 Å². The Morgan fingerprint density at radius 2 is 2.04 bits per heavy atom. The van der Waals surface area contributed by atoms with Gasteiger partial charge < -0.3 is 5.32 Å². The molecule has 1 amide bonds. The van der Waals surface area contributed by atoms with Gasteiger partial charge in [-0.25, -0.2) is 9.67 Å². The second-order valence-electron chi connectivity index (χ2n) is 5.25. The van der Waals surface area contributed by atoms with Gasteiger partial charge >= 0.3 is 0 Å². The van der Waals surface area contributed by atoms with Gasteiger partial charge in [-0.3, -0.25) is 9.59 Å². The quantitative estimate of drug-likeness (QED) is 0.598. The highest BCUT2D eigenvalue weighted by Gasteiger charge is 2.12. The highest BCUT2D eigenvalue weighted by Crippen LogP contribution is 2.28. The first-order chi connectivity index (χ1) is 12.1. The second-order valence-corrected chi connectivity index (χ2v) is 6.72. The van der Waals surface area contributed by atoms with Crippen molar-refractivity contribution in [1.29, 1.82) is 0 Å². The molecule has 0 saturated carbocycles. The van der Waals surface area contributed by atoms with Crippen molar-refractivity contribution < 1.29 is 4.79 Å². The average Bonchev–Trinajstić information content (AvgIpc) is 2.98. The number of fused-ring (bicyclic) bond motifs is 2. The minimum Gasteiger partial charge on any atom is -0.300 e. The van der Waals surface area contributed by atoms with Gasteiger partial charge in [0.15, 0.2) is 5.13 Å². The predicted octanol–water partition coefficient (Wildman–Crippen LogP) is 2.69. The SMILES string of the molecule is O=C(Cn1nnc2ccccc2c1=O)Nc1nc2ccc(Cl)cc2s1. The van der Waals surface area contributed by atoms with Crippen LogP contribution in [0.3, 0.4) is 0 Å². The van der Waals surface area contributed by atoms with Crippen molar-refractivity contribution in [2.75, 3.05) is 5.32 Å². The van der Waals surface area contributed by atoms with Crippen LogP contribution in [0.15, 0.2) is 47.3 Å². The first kappa shape index (κ1) is 15.7. The molecule has 0 unspecified atom stereocenters. The maximum absolute atomic E-state index is 12.3. The molecule has 0 radical (unpaired) electrons. The van der Waals surface area contributed by atoms with Crippen LogP contribution in [0.2, 0.25) is 5.02 Å². The van der Waals surface area contributed by atoms with Crippen molar-refractivity contribution in [2.45, 2.75) is 6.54 Å². The predicted molar refractivity (Wildman–Crippen MR) is 97.1 cm³/mol. The lowest BCUT2D eigenvalue weighted by Gasteiger charge is -2.04. The van der Waals surface area contributed by atoms with Crippen LogP contribution in [-0.4, -0.2) is 25.9 Å². The molecule has 124 valence electrons. The number of carbonyl (C=O) groups is 1. The van der Waals surface area contributed by atoms with Crippen LogP contribution in [0.5, 0.6) is 0 Å². The van der Waals surface area contributed by atoms with E-state index < -0.39 is 5.91 Å². The lowest BCUT2D eigenvalue weighted by Crippen LogP contribution is -2.30. The molecule has 4 aromatic rings. The summed E-state index contributed by atoms with van der Waals surface area (Å²) in [6, 6.07) is 12.2. The highest BCUT2D eigenvalue weighted by atomic mass is 35.5. The largest absolute Gasteiger partial charge is 0.300 e. The lowest BCUT2D eigenvalue weighted by molar-refractivity contribution is -0.117. The van der Waals surface area contributed by atoms with Crippen molar-refractivity contribution in [1.82, 2.24) is 20.0 Å². The molecular formula is C16H10ClN5O2S. The van der Waals surface area contributed by atoms with Gasteiger partial charge in [-0.15, -0.1) is 5.10 Å². The summed E-state index contributed by atoms with van der Waals surface area (Å²) in [7, 11) is 0. The number of hydrogen-bond donors (Lipinski definition) is 1. The van der Waals surface area contributed by atoms with E-state index >= 15 is 0 Å². The zero-order valence-corrected chi connectivity index (χ0v) is 14.2. The number of rotatable bonds is 3. The summed E-state index contributed by atoms with van der Waals surface area (Å²) in [6.07, 6.45) is 0. The van der Waals surface area contributed by atoms with Gasteiger partial charge in [0.2, 0.25) is 5.91 Å². The van der Waals surface area contributed by atoms with Gasteiger partial charge in [-0.2, -0.15) is 0 Å². The van der Waals surface area contributed by atoms with Crippen molar-refractivity contribution in [3.8, 4) is 0 Å². The maximum Gasteiger partial charge on any atom is 0.278 e. The van der Waals surface area contributed by atoms with E-state index in [1.807, 2.05) is 0 Å². The summed E-state index contributed by atoms with van der Waals surface area (Å²) in [5, 5.41) is 11.9. The molecule has 25 heavy (non-hydrogen) atoms. The molecule has 0 bridgehead atoms. The van der Waals surface area contributed by atoms with E-state index in [2.05, 4.69) is 20.6 Å². The molecule has 2 aromatic carbocycles. The monoisotopic (exact) mass is 371 g/mol. The Balaban J connectivity index is 1.57. The fourth-order valence-corrected chi connectivity index (χ4v) is 3.53. The van der Waals surface area contributed by atoms with E-state index in [4.69, 9.17) is 11.6 Å². The molecule has 9 heteroatoms. The summed E-state index contributed by atoms with van der Waals surface area (Å²) < 4.78 is 1.90. The summed E-state index contributed by atoms with van der Waals surface area (Å²) in [5.41, 5.74) is 0.872. The Bertz CT molecular complexity index is 1170. The fraction of sp³-hybridized carbons (Fsp3) is 0.0625. The molecule has 0 aliphatic heterocycles. The number of benzene rings is 2. The Morgan fingerprint density at radius 1 is 1.20 bits per heavy atom. The van der Waals surface area contributed by atoms with E-state index in [0.717, 1.165) is 14.9 Å². The van der Waals surface area contributed by atoms with Crippen molar-refractivity contribution in [2.24, 2.45) is 0 Å². The standard InChI is InChI=1S/C16H10ClN5O2S/c17-9-5-6-12-13(7-9)25-16(18-12)19-14(23)8-22-15(24)10-3-1-2-4-11(10)20-21-22/h1-7H,8H2,(H,18,19,23). The van der Waals surface area contributed by atoms with Crippen molar-refractivity contribution in [3.63, 3.8) is 0 Å². The van der Waals surface area contributed by atoms with E-state index in [1.165, 1.54) is 11.3 Å². The van der Waals surface area contributed by atoms with Crippen LogP contribution in [0, 0.1) is 0 Å². The fourth-order valence-electron chi connectivity index (χ4n) is 2.37. The smallest absolute Gasteiger partial charge is 0.278 e. The summed E-state index contributed by atoms with van der Waals surface area (Å²) >= 11 is 7.25. The molecule has 2 heterocycles. The van der Waals surface area contributed by atoms with Gasteiger partial charge in [0.25, 0.3) is 5.56 Å². The molecule has 0 atom stereocenters. The number of hydrogen-bond acceptors (Lipinski definition) is 6. The molecule has 7 nitrogen and oxygen atoms in total. The summed E-state index contributed by atoms with van der Waals surface area (Å²) in [6.45, 7) is -0.243. The van der Waals surface area contributed by atoms with Gasteiger partial charge in [-0.05, 0) is 30.3 Å². The number of halogens is 1. The molecule has 1 N–H and O–H groups in total. The third kappa shape index (κ3) is 3.09. The minimum atomic E-state index is -0.406. The van der Waals surface area contributed by atoms with Crippen LogP contribution in [0.1, 0.15) is 0 Å². The molecule has 0 aliphatic carbocycles. The number of thiazole rings is 1. The van der Waals surface area contributed by atoms with E-state index in [0.29, 0.717) is 21.1 Å². The molecule has 0 saturated heterocycles. The van der Waals surface area contributed by atoms with E-state index in [1.54, 1.807) is 42.5 Å². The van der Waals surface area contributed by atoms with Crippen molar-refractivity contribution >= 4 is 55.1 Å². The van der Waals surface area contributed by atoms with Crippen LogP contribution < -0.4 is 10.9 Å². The minimum absolute atomic E-state index is 0.243. The first-order valence-electron chi connectivity index (χ1n) is 7.29. The Hall–Kier alpha value is -2.84. The number of amides is 1. The number of nitrogens with one attached hydrogen (secondary N) is 1. The van der Waals surface area contributed by atoms with Crippen LogP contribution >= 0.6 is 22.9 Å². The first-order valence-corrected chi connectivity index (χ1v) is 8.48. The van der Waals surface area contributed by atoms with Gasteiger partial charge in [0, 0.05) is 5.02 Å². The highest BCUT2D eigenvalue weighted by molar-refractivity contribution is 7.22. The number of aromatic nitrogens is 4. The molecule has 2 aromatic heterocycles. The zero-order chi connectivity index (χ0) is 17.4. The van der Waals surface area contributed by atoms with Gasteiger partial charge in [0.05, 0.1) is 15.6 Å². The molecule has 0 aliphatic rings. The van der Waals surface area contributed by atoms with Crippen LogP contribution in [0.25, 0.3) is 21.1 Å². The van der Waals surface area contributed by atoms with E-state index in [9.17, 15) is 9.59 Å². The Labute approximate surface area is 149 Å². The zero-order valence-electron chi connectivity index (χ0n) is 12.6. The molecule has 4 rings (SSSR count). The molecule has 0 fully saturated rings. The topological polar surface area (TPSA) is 89.8 Å². The second kappa shape index (κ2) is 6.23. The van der Waals surface area contributed by atoms with Crippen LogP contribution in [-0.2, 0) is 11.3 Å². The number of anilines is 1.